The lowest BCUT2D eigenvalue weighted by molar-refractivity contribution is -0.155. The second-order valence-corrected chi connectivity index (χ2v) is 7.24. The molecule has 1 heterocycles. The van der Waals surface area contributed by atoms with Crippen LogP contribution in [0.15, 0.2) is 30.3 Å². The van der Waals surface area contributed by atoms with Crippen LogP contribution >= 0.6 is 0 Å². The molecule has 0 unspecified atom stereocenters. The van der Waals surface area contributed by atoms with Gasteiger partial charge in [-0.1, -0.05) is 62.4 Å². The maximum Gasteiger partial charge on any atom is 0.245 e. The molecule has 2 aliphatic rings. The molecule has 0 radical (unpaired) electrons. The van der Waals surface area contributed by atoms with Crippen LogP contribution < -0.4 is 0 Å². The minimum atomic E-state index is -0.335. The topological polar surface area (TPSA) is 40.6 Å². The van der Waals surface area contributed by atoms with Gasteiger partial charge in [-0.3, -0.25) is 9.59 Å². The van der Waals surface area contributed by atoms with E-state index in [0.29, 0.717) is 6.54 Å². The number of nitrogens with zero attached hydrogens (tertiary/aromatic N) is 2. The standard InChI is InChI=1S/C20H28N2O2/c1-16-20(24)21(14-18-10-6-3-7-11-18)15-19(23)22(16)13-12-17-8-4-2-5-9-17/h3,6-7,10-11,16-17H,2,4-5,8-9,12-15H2,1H3/t16-/m0/s1. The molecule has 0 spiro atoms. The molecule has 24 heavy (non-hydrogen) atoms. The van der Waals surface area contributed by atoms with E-state index in [2.05, 4.69) is 0 Å². The van der Waals surface area contributed by atoms with Crippen molar-refractivity contribution in [2.45, 2.75) is 58.0 Å². The molecular formula is C20H28N2O2. The SMILES string of the molecule is C[C@H]1C(=O)N(Cc2ccccc2)CC(=O)N1CCC1CCCCC1. The highest BCUT2D eigenvalue weighted by Crippen LogP contribution is 2.27. The van der Waals surface area contributed by atoms with E-state index in [4.69, 9.17) is 0 Å². The van der Waals surface area contributed by atoms with Gasteiger partial charge in [0, 0.05) is 13.1 Å². The average Bonchev–Trinajstić information content (AvgIpc) is 2.61. The third-order valence-corrected chi connectivity index (χ3v) is 5.50. The van der Waals surface area contributed by atoms with E-state index in [9.17, 15) is 9.59 Å². The van der Waals surface area contributed by atoms with Gasteiger partial charge < -0.3 is 9.80 Å². The lowest BCUT2D eigenvalue weighted by Gasteiger charge is -2.39. The third kappa shape index (κ3) is 3.97. The lowest BCUT2D eigenvalue weighted by Crippen LogP contribution is -2.58. The van der Waals surface area contributed by atoms with E-state index in [1.807, 2.05) is 37.3 Å². The quantitative estimate of drug-likeness (QED) is 0.833. The summed E-state index contributed by atoms with van der Waals surface area (Å²) < 4.78 is 0. The van der Waals surface area contributed by atoms with Crippen molar-refractivity contribution in [1.29, 1.82) is 0 Å². The van der Waals surface area contributed by atoms with Gasteiger partial charge >= 0.3 is 0 Å². The zero-order chi connectivity index (χ0) is 16.9. The van der Waals surface area contributed by atoms with Crippen molar-refractivity contribution in [2.75, 3.05) is 13.1 Å². The van der Waals surface area contributed by atoms with E-state index in [1.165, 1.54) is 32.1 Å². The molecule has 0 N–H and O–H groups in total. The van der Waals surface area contributed by atoms with Crippen molar-refractivity contribution in [1.82, 2.24) is 9.80 Å². The summed E-state index contributed by atoms with van der Waals surface area (Å²) in [6, 6.07) is 9.55. The normalized spacial score (nSPS) is 23.0. The Kier molecular flexibility index (Phi) is 5.54. The number of carbonyl (C=O) groups is 2. The fraction of sp³-hybridized carbons (Fsp3) is 0.600. The van der Waals surface area contributed by atoms with E-state index in [-0.39, 0.29) is 24.4 Å². The Morgan fingerprint density at radius 2 is 1.75 bits per heavy atom. The summed E-state index contributed by atoms with van der Waals surface area (Å²) in [6.45, 7) is 3.34. The molecule has 3 rings (SSSR count). The first-order valence-corrected chi connectivity index (χ1v) is 9.27. The Bertz CT molecular complexity index is 566. The molecule has 2 fully saturated rings. The molecule has 4 heteroatoms. The van der Waals surface area contributed by atoms with Crippen molar-refractivity contribution < 1.29 is 9.59 Å². The molecule has 1 saturated carbocycles. The Balaban J connectivity index is 1.57. The van der Waals surface area contributed by atoms with Crippen molar-refractivity contribution >= 4 is 11.8 Å². The van der Waals surface area contributed by atoms with Crippen molar-refractivity contribution in [3.8, 4) is 0 Å². The molecule has 1 aromatic carbocycles. The minimum absolute atomic E-state index is 0.0714. The van der Waals surface area contributed by atoms with Gasteiger partial charge in [-0.25, -0.2) is 0 Å². The maximum absolute atomic E-state index is 12.7. The Labute approximate surface area is 144 Å². The van der Waals surface area contributed by atoms with E-state index >= 15 is 0 Å². The summed E-state index contributed by atoms with van der Waals surface area (Å²) in [5, 5.41) is 0. The van der Waals surface area contributed by atoms with Gasteiger partial charge in [-0.2, -0.15) is 0 Å². The fourth-order valence-electron chi connectivity index (χ4n) is 4.00. The summed E-state index contributed by atoms with van der Waals surface area (Å²) in [6.07, 6.45) is 7.59. The highest BCUT2D eigenvalue weighted by Gasteiger charge is 2.36. The molecular weight excluding hydrogens is 300 g/mol. The summed E-state index contributed by atoms with van der Waals surface area (Å²) in [4.78, 5) is 28.7. The number of hydrogen-bond acceptors (Lipinski definition) is 2. The second kappa shape index (κ2) is 7.82. The van der Waals surface area contributed by atoms with Crippen LogP contribution in [-0.4, -0.2) is 40.7 Å². The number of rotatable bonds is 5. The number of benzene rings is 1. The predicted molar refractivity (Wildman–Crippen MR) is 94.2 cm³/mol. The lowest BCUT2D eigenvalue weighted by atomic mass is 9.87. The first kappa shape index (κ1) is 17.0. The molecule has 1 saturated heterocycles. The van der Waals surface area contributed by atoms with Crippen LogP contribution in [0.25, 0.3) is 0 Å². The molecule has 0 aromatic heterocycles. The van der Waals surface area contributed by atoms with E-state index in [0.717, 1.165) is 24.4 Å². The summed E-state index contributed by atoms with van der Waals surface area (Å²) in [7, 11) is 0. The molecule has 130 valence electrons. The average molecular weight is 328 g/mol. The van der Waals surface area contributed by atoms with Crippen molar-refractivity contribution in [3.05, 3.63) is 35.9 Å². The van der Waals surface area contributed by atoms with Gasteiger partial charge in [-0.05, 0) is 24.8 Å². The summed E-state index contributed by atoms with van der Waals surface area (Å²) >= 11 is 0. The first-order valence-electron chi connectivity index (χ1n) is 9.27. The van der Waals surface area contributed by atoms with Gasteiger partial charge in [0.2, 0.25) is 11.8 Å². The van der Waals surface area contributed by atoms with Crippen LogP contribution in [0.1, 0.15) is 51.0 Å². The molecule has 4 nitrogen and oxygen atoms in total. The highest BCUT2D eigenvalue weighted by molar-refractivity contribution is 5.94. The monoisotopic (exact) mass is 328 g/mol. The number of carbonyl (C=O) groups excluding carboxylic acids is 2. The Morgan fingerprint density at radius 1 is 1.04 bits per heavy atom. The predicted octanol–water partition coefficient (Wildman–Crippen LogP) is 3.22. The number of hydrogen-bond donors (Lipinski definition) is 0. The second-order valence-electron chi connectivity index (χ2n) is 7.24. The fourth-order valence-corrected chi connectivity index (χ4v) is 4.00. The van der Waals surface area contributed by atoms with Crippen LogP contribution in [0.4, 0.5) is 0 Å². The summed E-state index contributed by atoms with van der Waals surface area (Å²) in [5.74, 6) is 0.895. The van der Waals surface area contributed by atoms with Crippen LogP contribution in [0, 0.1) is 5.92 Å². The van der Waals surface area contributed by atoms with E-state index < -0.39 is 0 Å². The van der Waals surface area contributed by atoms with Crippen LogP contribution in [0.5, 0.6) is 0 Å². The highest BCUT2D eigenvalue weighted by atomic mass is 16.2. The first-order chi connectivity index (χ1) is 11.6. The zero-order valence-electron chi connectivity index (χ0n) is 14.6. The smallest absolute Gasteiger partial charge is 0.245 e. The van der Waals surface area contributed by atoms with Crippen LogP contribution in [-0.2, 0) is 16.1 Å². The number of piperazine rings is 1. The molecule has 0 bridgehead atoms. The Morgan fingerprint density at radius 3 is 2.46 bits per heavy atom. The van der Waals surface area contributed by atoms with Gasteiger partial charge in [0.05, 0.1) is 0 Å². The molecule has 2 amide bonds. The van der Waals surface area contributed by atoms with Gasteiger partial charge in [0.15, 0.2) is 0 Å². The molecule has 1 aliphatic carbocycles. The Hall–Kier alpha value is -1.84. The zero-order valence-corrected chi connectivity index (χ0v) is 14.6. The van der Waals surface area contributed by atoms with Gasteiger partial charge in [0.1, 0.15) is 12.6 Å². The maximum atomic E-state index is 12.7. The van der Waals surface area contributed by atoms with Gasteiger partial charge in [-0.15, -0.1) is 0 Å². The molecule has 1 aliphatic heterocycles. The van der Waals surface area contributed by atoms with E-state index in [1.54, 1.807) is 9.80 Å². The number of amides is 2. The summed E-state index contributed by atoms with van der Waals surface area (Å²) in [5.41, 5.74) is 1.07. The molecule has 1 atom stereocenters. The minimum Gasteiger partial charge on any atom is -0.329 e. The largest absolute Gasteiger partial charge is 0.329 e. The molecule has 1 aromatic rings. The van der Waals surface area contributed by atoms with Crippen molar-refractivity contribution in [3.63, 3.8) is 0 Å². The van der Waals surface area contributed by atoms with Crippen molar-refractivity contribution in [2.24, 2.45) is 5.92 Å². The van der Waals surface area contributed by atoms with Crippen LogP contribution in [0.2, 0.25) is 0 Å². The van der Waals surface area contributed by atoms with Crippen LogP contribution in [0.3, 0.4) is 0 Å². The van der Waals surface area contributed by atoms with Gasteiger partial charge in [0.25, 0.3) is 0 Å². The third-order valence-electron chi connectivity index (χ3n) is 5.50.